The molecule has 0 spiro atoms. The Kier molecular flexibility index (Phi) is 5.16. The van der Waals surface area contributed by atoms with Crippen LogP contribution in [0.15, 0.2) is 70.2 Å². The minimum Gasteiger partial charge on any atom is -0.455 e. The van der Waals surface area contributed by atoms with Crippen molar-refractivity contribution in [2.45, 2.75) is 6.92 Å². The van der Waals surface area contributed by atoms with Gasteiger partial charge in [-0.15, -0.1) is 0 Å². The van der Waals surface area contributed by atoms with Crippen LogP contribution in [-0.4, -0.2) is 12.2 Å². The molecular weight excluding hydrogens is 338 g/mol. The first-order valence-corrected chi connectivity index (χ1v) is 8.01. The first-order chi connectivity index (χ1) is 12.1. The number of carbonyl (C=O) groups excluding carboxylic acids is 1. The Labute approximate surface area is 150 Å². The molecule has 2 N–H and O–H groups in total. The molecule has 25 heavy (non-hydrogen) atoms. The average Bonchev–Trinajstić information content (AvgIpc) is 3.06. The van der Waals surface area contributed by atoms with Crippen LogP contribution < -0.4 is 10.7 Å². The summed E-state index contributed by atoms with van der Waals surface area (Å²) >= 11 is 5.98. The minimum atomic E-state index is -0.424. The Hall–Kier alpha value is -3.05. The minimum absolute atomic E-state index is 0.424. The molecule has 0 radical (unpaired) electrons. The SMILES string of the molecule is Cc1ccccc1NC(=O)NN=Cc1ccc(-c2cccc(Cl)c2)o1. The number of benzene rings is 2. The first-order valence-electron chi connectivity index (χ1n) is 7.63. The molecule has 6 heteroatoms. The van der Waals surface area contributed by atoms with E-state index in [4.69, 9.17) is 16.0 Å². The molecule has 0 aliphatic rings. The van der Waals surface area contributed by atoms with Crippen molar-refractivity contribution in [2.24, 2.45) is 5.10 Å². The highest BCUT2D eigenvalue weighted by molar-refractivity contribution is 6.30. The molecule has 1 heterocycles. The lowest BCUT2D eigenvalue weighted by Crippen LogP contribution is -2.24. The molecule has 126 valence electrons. The summed E-state index contributed by atoms with van der Waals surface area (Å²) in [5, 5.41) is 7.25. The van der Waals surface area contributed by atoms with Crippen LogP contribution in [0.4, 0.5) is 10.5 Å². The van der Waals surface area contributed by atoms with E-state index in [9.17, 15) is 4.79 Å². The van der Waals surface area contributed by atoms with Crippen molar-refractivity contribution in [2.75, 3.05) is 5.32 Å². The third-order valence-corrected chi connectivity index (χ3v) is 3.72. The highest BCUT2D eigenvalue weighted by Gasteiger charge is 2.05. The fourth-order valence-corrected chi connectivity index (χ4v) is 2.43. The Morgan fingerprint density at radius 3 is 2.76 bits per heavy atom. The quantitative estimate of drug-likeness (QED) is 0.508. The topological polar surface area (TPSA) is 66.6 Å². The highest BCUT2D eigenvalue weighted by atomic mass is 35.5. The molecule has 1 aromatic heterocycles. The molecule has 0 saturated heterocycles. The van der Waals surface area contributed by atoms with Gasteiger partial charge in [-0.25, -0.2) is 10.2 Å². The summed E-state index contributed by atoms with van der Waals surface area (Å²) < 4.78 is 5.66. The largest absolute Gasteiger partial charge is 0.455 e. The van der Waals surface area contributed by atoms with Gasteiger partial charge in [-0.3, -0.25) is 0 Å². The summed E-state index contributed by atoms with van der Waals surface area (Å²) in [6, 6.07) is 18.0. The summed E-state index contributed by atoms with van der Waals surface area (Å²) in [5.41, 5.74) is 4.98. The van der Waals surface area contributed by atoms with Gasteiger partial charge in [0.15, 0.2) is 0 Å². The Morgan fingerprint density at radius 1 is 1.12 bits per heavy atom. The van der Waals surface area contributed by atoms with E-state index in [0.29, 0.717) is 16.5 Å². The zero-order valence-electron chi connectivity index (χ0n) is 13.5. The van der Waals surface area contributed by atoms with Gasteiger partial charge in [0, 0.05) is 16.3 Å². The van der Waals surface area contributed by atoms with E-state index in [2.05, 4.69) is 15.8 Å². The van der Waals surface area contributed by atoms with Gasteiger partial charge in [0.1, 0.15) is 11.5 Å². The molecule has 3 aromatic rings. The first kappa shape index (κ1) is 16.8. The van der Waals surface area contributed by atoms with Gasteiger partial charge in [-0.1, -0.05) is 41.9 Å². The number of nitrogens with zero attached hydrogens (tertiary/aromatic N) is 1. The number of furan rings is 1. The summed E-state index contributed by atoms with van der Waals surface area (Å²) in [7, 11) is 0. The molecule has 5 nitrogen and oxygen atoms in total. The standard InChI is InChI=1S/C19H16ClN3O2/c1-13-5-2-3-8-17(13)22-19(24)23-21-12-16-9-10-18(25-16)14-6-4-7-15(20)11-14/h2-12H,1H3,(H2,22,23,24). The lowest BCUT2D eigenvalue weighted by Gasteiger charge is -2.06. The van der Waals surface area contributed by atoms with E-state index in [1.807, 2.05) is 55.5 Å². The van der Waals surface area contributed by atoms with Crippen LogP contribution >= 0.6 is 11.6 Å². The van der Waals surface area contributed by atoms with Crippen LogP contribution in [0.3, 0.4) is 0 Å². The monoisotopic (exact) mass is 353 g/mol. The van der Waals surface area contributed by atoms with Gasteiger partial charge in [-0.2, -0.15) is 5.10 Å². The number of hydrogen-bond donors (Lipinski definition) is 2. The summed E-state index contributed by atoms with van der Waals surface area (Å²) in [4.78, 5) is 11.8. The van der Waals surface area contributed by atoms with Gasteiger partial charge in [0.25, 0.3) is 0 Å². The number of aryl methyl sites for hydroxylation is 1. The van der Waals surface area contributed by atoms with Gasteiger partial charge < -0.3 is 9.73 Å². The van der Waals surface area contributed by atoms with Crippen LogP contribution in [0.25, 0.3) is 11.3 Å². The number of para-hydroxylation sites is 1. The molecular formula is C19H16ClN3O2. The number of nitrogens with one attached hydrogen (secondary N) is 2. The molecule has 0 saturated carbocycles. The Bertz CT molecular complexity index is 918. The third kappa shape index (κ3) is 4.49. The smallest absolute Gasteiger partial charge is 0.339 e. The molecule has 0 aliphatic heterocycles. The second-order valence-electron chi connectivity index (χ2n) is 5.35. The number of rotatable bonds is 4. The lowest BCUT2D eigenvalue weighted by molar-refractivity contribution is 0.252. The normalized spacial score (nSPS) is 10.8. The Morgan fingerprint density at radius 2 is 1.96 bits per heavy atom. The van der Waals surface area contributed by atoms with Crippen molar-refractivity contribution in [3.63, 3.8) is 0 Å². The maximum atomic E-state index is 11.8. The average molecular weight is 354 g/mol. The van der Waals surface area contributed by atoms with Crippen molar-refractivity contribution in [1.29, 1.82) is 0 Å². The molecule has 3 rings (SSSR count). The van der Waals surface area contributed by atoms with E-state index in [0.717, 1.165) is 16.8 Å². The lowest BCUT2D eigenvalue weighted by atomic mass is 10.2. The van der Waals surface area contributed by atoms with Crippen LogP contribution in [0.2, 0.25) is 5.02 Å². The fourth-order valence-electron chi connectivity index (χ4n) is 2.24. The van der Waals surface area contributed by atoms with Crippen LogP contribution in [0, 0.1) is 6.92 Å². The molecule has 0 atom stereocenters. The maximum Gasteiger partial charge on any atom is 0.339 e. The van der Waals surface area contributed by atoms with E-state index in [-0.39, 0.29) is 0 Å². The van der Waals surface area contributed by atoms with Gasteiger partial charge in [0.05, 0.1) is 6.21 Å². The van der Waals surface area contributed by atoms with Crippen molar-refractivity contribution < 1.29 is 9.21 Å². The second kappa shape index (κ2) is 7.68. The number of carbonyl (C=O) groups is 1. The third-order valence-electron chi connectivity index (χ3n) is 3.49. The number of halogens is 1. The molecule has 0 fully saturated rings. The van der Waals surface area contributed by atoms with Crippen LogP contribution in [-0.2, 0) is 0 Å². The van der Waals surface area contributed by atoms with E-state index in [1.54, 1.807) is 12.1 Å². The number of urea groups is 1. The molecule has 0 bridgehead atoms. The van der Waals surface area contributed by atoms with Gasteiger partial charge in [-0.05, 0) is 42.8 Å². The summed E-state index contributed by atoms with van der Waals surface area (Å²) in [5.74, 6) is 1.19. The second-order valence-corrected chi connectivity index (χ2v) is 5.79. The summed E-state index contributed by atoms with van der Waals surface area (Å²) in [6.07, 6.45) is 1.44. The number of anilines is 1. The molecule has 0 unspecified atom stereocenters. The van der Waals surface area contributed by atoms with Crippen molar-refractivity contribution >= 4 is 29.5 Å². The Balaban J connectivity index is 1.59. The molecule has 2 aromatic carbocycles. The predicted molar refractivity (Wildman–Crippen MR) is 100 cm³/mol. The maximum absolute atomic E-state index is 11.8. The summed E-state index contributed by atoms with van der Waals surface area (Å²) in [6.45, 7) is 1.92. The van der Waals surface area contributed by atoms with E-state index in [1.165, 1.54) is 6.21 Å². The molecule has 2 amide bonds. The zero-order chi connectivity index (χ0) is 17.6. The number of amides is 2. The molecule has 0 aliphatic carbocycles. The number of hydrazone groups is 1. The van der Waals surface area contributed by atoms with Gasteiger partial charge in [0.2, 0.25) is 0 Å². The predicted octanol–water partition coefficient (Wildman–Crippen LogP) is 5.06. The highest BCUT2D eigenvalue weighted by Crippen LogP contribution is 2.24. The van der Waals surface area contributed by atoms with Gasteiger partial charge >= 0.3 is 6.03 Å². The van der Waals surface area contributed by atoms with Crippen LogP contribution in [0.5, 0.6) is 0 Å². The van der Waals surface area contributed by atoms with E-state index < -0.39 is 6.03 Å². The van der Waals surface area contributed by atoms with Crippen molar-refractivity contribution in [1.82, 2.24) is 5.43 Å². The fraction of sp³-hybridized carbons (Fsp3) is 0.0526. The van der Waals surface area contributed by atoms with Crippen LogP contribution in [0.1, 0.15) is 11.3 Å². The van der Waals surface area contributed by atoms with Crippen molar-refractivity contribution in [3.8, 4) is 11.3 Å². The zero-order valence-corrected chi connectivity index (χ0v) is 14.2. The van der Waals surface area contributed by atoms with E-state index >= 15 is 0 Å². The number of hydrogen-bond acceptors (Lipinski definition) is 3. The van der Waals surface area contributed by atoms with Crippen molar-refractivity contribution in [3.05, 3.63) is 77.0 Å².